The second kappa shape index (κ2) is 12.1. The molecule has 1 N–H and O–H groups in total. The number of anilines is 2. The Balaban J connectivity index is 1.48. The minimum Gasteiger partial charge on any atom is -0.443 e. The summed E-state index contributed by atoms with van der Waals surface area (Å²) in [6.45, 7) is 8.31. The number of ketones is 1. The highest BCUT2D eigenvalue weighted by Crippen LogP contribution is 2.36. The number of pyridine rings is 2. The third kappa shape index (κ3) is 5.69. The Hall–Kier alpha value is -4.00. The van der Waals surface area contributed by atoms with Gasteiger partial charge in [-0.2, -0.15) is 0 Å². The minimum absolute atomic E-state index is 0.0301. The number of Topliss-reactive ketones (excluding diaryl/α,β-unsaturated/α-hetero) is 1. The normalized spacial score (nSPS) is 16.5. The molecule has 42 heavy (non-hydrogen) atoms. The number of carbonyl (C=O) groups is 3. The van der Waals surface area contributed by atoms with Crippen molar-refractivity contribution in [2.75, 3.05) is 23.9 Å². The van der Waals surface area contributed by atoms with Crippen LogP contribution in [0.3, 0.4) is 0 Å². The Bertz CT molecular complexity index is 1520. The van der Waals surface area contributed by atoms with Crippen molar-refractivity contribution in [2.45, 2.75) is 82.6 Å². The number of hydrogen-bond donors (Lipinski definition) is 1. The number of rotatable bonds is 9. The molecular weight excluding hydrogens is 556 g/mol. The largest absolute Gasteiger partial charge is 0.443 e. The molecule has 3 aromatic rings. The summed E-state index contributed by atoms with van der Waals surface area (Å²) >= 11 is 1.46. The van der Waals surface area contributed by atoms with E-state index < -0.39 is 6.09 Å². The summed E-state index contributed by atoms with van der Waals surface area (Å²) in [6.07, 6.45) is 1.78. The van der Waals surface area contributed by atoms with E-state index in [1.807, 2.05) is 56.3 Å². The molecular formula is C29H36N8O4S. The Kier molecular flexibility index (Phi) is 8.48. The fraction of sp³-hybridized carbons (Fsp3) is 0.483. The average Bonchev–Trinajstić information content (AvgIpc) is 3.68. The number of amides is 2. The van der Waals surface area contributed by atoms with Crippen LogP contribution in [0.4, 0.5) is 16.4 Å². The Morgan fingerprint density at radius 2 is 1.98 bits per heavy atom. The maximum atomic E-state index is 13.8. The van der Waals surface area contributed by atoms with Gasteiger partial charge in [0.1, 0.15) is 29.7 Å². The van der Waals surface area contributed by atoms with Gasteiger partial charge < -0.3 is 15.0 Å². The first-order chi connectivity index (χ1) is 20.1. The number of nitrogens with one attached hydrogen (secondary N) is 1. The van der Waals surface area contributed by atoms with E-state index in [9.17, 15) is 14.4 Å². The first-order valence-corrected chi connectivity index (χ1v) is 15.0. The van der Waals surface area contributed by atoms with Crippen molar-refractivity contribution < 1.29 is 19.1 Å². The number of nitrogens with zero attached hydrogens (tertiary/aromatic N) is 7. The zero-order valence-corrected chi connectivity index (χ0v) is 25.6. The molecule has 1 fully saturated rings. The molecule has 5 rings (SSSR count). The van der Waals surface area contributed by atoms with E-state index in [0.717, 1.165) is 12.8 Å². The first-order valence-electron chi connectivity index (χ1n) is 14.1. The van der Waals surface area contributed by atoms with E-state index in [1.54, 1.807) is 17.0 Å². The van der Waals surface area contributed by atoms with Gasteiger partial charge >= 0.3 is 6.09 Å². The van der Waals surface area contributed by atoms with Crippen LogP contribution in [-0.4, -0.2) is 67.9 Å². The third-order valence-corrected chi connectivity index (χ3v) is 8.86. The second-order valence-electron chi connectivity index (χ2n) is 11.0. The van der Waals surface area contributed by atoms with Gasteiger partial charge in [0.05, 0.1) is 23.1 Å². The van der Waals surface area contributed by atoms with Crippen LogP contribution >= 0.6 is 11.8 Å². The molecule has 12 nitrogen and oxygen atoms in total. The van der Waals surface area contributed by atoms with E-state index in [2.05, 4.69) is 15.5 Å². The standard InChI is InChI=1S/C29H36N8O4S/c1-16(2)35(6)25-13-18-19(21(32-25)15-41-29(40)30-5)14-36(27(18)39)24-12-7-9-20(31-24)26-33-34-28(37(26)17(3)4)42-23-11-8-10-22(23)38/h7,9,12-13,16-17,23H,8,10-11,14-15H2,1-6H3,(H,30,40). The van der Waals surface area contributed by atoms with Gasteiger partial charge in [-0.05, 0) is 58.7 Å². The Labute approximate surface area is 249 Å². The molecule has 0 aromatic carbocycles. The van der Waals surface area contributed by atoms with Gasteiger partial charge in [-0.25, -0.2) is 14.8 Å². The van der Waals surface area contributed by atoms with Crippen molar-refractivity contribution in [3.05, 3.63) is 41.1 Å². The quantitative estimate of drug-likeness (QED) is 0.381. The number of thioether (sulfide) groups is 1. The van der Waals surface area contributed by atoms with E-state index in [4.69, 9.17) is 14.7 Å². The van der Waals surface area contributed by atoms with E-state index in [1.165, 1.54) is 18.8 Å². The van der Waals surface area contributed by atoms with Crippen molar-refractivity contribution in [1.82, 2.24) is 30.0 Å². The van der Waals surface area contributed by atoms with Crippen molar-refractivity contribution in [2.24, 2.45) is 0 Å². The molecule has 1 aliphatic carbocycles. The summed E-state index contributed by atoms with van der Waals surface area (Å²) in [7, 11) is 3.40. The van der Waals surface area contributed by atoms with Crippen LogP contribution in [0.25, 0.3) is 11.5 Å². The monoisotopic (exact) mass is 592 g/mol. The summed E-state index contributed by atoms with van der Waals surface area (Å²) < 4.78 is 7.32. The Morgan fingerprint density at radius 3 is 2.64 bits per heavy atom. The highest BCUT2D eigenvalue weighted by atomic mass is 32.2. The van der Waals surface area contributed by atoms with E-state index in [-0.39, 0.29) is 42.2 Å². The van der Waals surface area contributed by atoms with Crippen LogP contribution in [0.2, 0.25) is 0 Å². The van der Waals surface area contributed by atoms with Crippen molar-refractivity contribution >= 4 is 41.2 Å². The van der Waals surface area contributed by atoms with Crippen LogP contribution < -0.4 is 15.1 Å². The van der Waals surface area contributed by atoms with Crippen LogP contribution in [-0.2, 0) is 22.7 Å². The number of fused-ring (bicyclic) bond motifs is 1. The smallest absolute Gasteiger partial charge is 0.407 e. The van der Waals surface area contributed by atoms with Gasteiger partial charge in [-0.1, -0.05) is 17.8 Å². The lowest BCUT2D eigenvalue weighted by molar-refractivity contribution is -0.116. The minimum atomic E-state index is -0.576. The highest BCUT2D eigenvalue weighted by molar-refractivity contribution is 8.00. The van der Waals surface area contributed by atoms with Crippen LogP contribution in [0.15, 0.2) is 29.4 Å². The fourth-order valence-electron chi connectivity index (χ4n) is 5.04. The van der Waals surface area contributed by atoms with Gasteiger partial charge in [0.2, 0.25) is 0 Å². The van der Waals surface area contributed by atoms with Crippen molar-refractivity contribution in [3.8, 4) is 11.5 Å². The molecule has 13 heteroatoms. The molecule has 1 unspecified atom stereocenters. The lowest BCUT2D eigenvalue weighted by atomic mass is 10.1. The van der Waals surface area contributed by atoms with E-state index >= 15 is 0 Å². The highest BCUT2D eigenvalue weighted by Gasteiger charge is 2.34. The zero-order valence-electron chi connectivity index (χ0n) is 24.7. The average molecular weight is 593 g/mol. The number of aromatic nitrogens is 5. The molecule has 3 aromatic heterocycles. The maximum Gasteiger partial charge on any atom is 0.407 e. The molecule has 1 saturated carbocycles. The van der Waals surface area contributed by atoms with Crippen LogP contribution in [0.5, 0.6) is 0 Å². The predicted octanol–water partition coefficient (Wildman–Crippen LogP) is 4.39. The van der Waals surface area contributed by atoms with Crippen LogP contribution in [0, 0.1) is 0 Å². The molecule has 4 heterocycles. The molecule has 0 saturated heterocycles. The molecule has 1 aliphatic heterocycles. The van der Waals surface area contributed by atoms with Crippen molar-refractivity contribution in [1.29, 1.82) is 0 Å². The molecule has 0 bridgehead atoms. The van der Waals surface area contributed by atoms with Gasteiger partial charge in [-0.15, -0.1) is 10.2 Å². The summed E-state index contributed by atoms with van der Waals surface area (Å²) in [5.74, 6) is 1.70. The maximum absolute atomic E-state index is 13.8. The Morgan fingerprint density at radius 1 is 1.19 bits per heavy atom. The van der Waals surface area contributed by atoms with Gasteiger partial charge in [0.15, 0.2) is 11.0 Å². The molecule has 0 spiro atoms. The summed E-state index contributed by atoms with van der Waals surface area (Å²) in [6, 6.07) is 7.42. The van der Waals surface area contributed by atoms with Gasteiger partial charge in [0.25, 0.3) is 5.91 Å². The number of hydrogen-bond acceptors (Lipinski definition) is 10. The number of carbonyl (C=O) groups excluding carboxylic acids is 3. The molecule has 1 atom stereocenters. The summed E-state index contributed by atoms with van der Waals surface area (Å²) in [5, 5.41) is 11.9. The van der Waals surface area contributed by atoms with Gasteiger partial charge in [0, 0.05) is 38.2 Å². The fourth-order valence-corrected chi connectivity index (χ4v) is 6.33. The van der Waals surface area contributed by atoms with Crippen LogP contribution in [0.1, 0.15) is 74.6 Å². The molecule has 2 amide bonds. The first kappa shape index (κ1) is 29.5. The number of alkyl carbamates (subject to hydrolysis) is 1. The SMILES string of the molecule is CNC(=O)OCc1nc(N(C)C(C)C)cc2c1CN(c1cccc(-c3nnc(SC4CCCC4=O)n3C(C)C)n1)C2=O. The predicted molar refractivity (Wildman–Crippen MR) is 160 cm³/mol. The summed E-state index contributed by atoms with van der Waals surface area (Å²) in [4.78, 5) is 51.1. The lowest BCUT2D eigenvalue weighted by Crippen LogP contribution is -2.27. The topological polar surface area (TPSA) is 135 Å². The van der Waals surface area contributed by atoms with Gasteiger partial charge in [-0.3, -0.25) is 19.1 Å². The van der Waals surface area contributed by atoms with E-state index in [0.29, 0.717) is 51.6 Å². The molecule has 0 radical (unpaired) electrons. The summed E-state index contributed by atoms with van der Waals surface area (Å²) in [5.41, 5.74) is 2.29. The second-order valence-corrected chi connectivity index (χ2v) is 12.2. The van der Waals surface area contributed by atoms with Crippen molar-refractivity contribution in [3.63, 3.8) is 0 Å². The molecule has 2 aliphatic rings. The lowest BCUT2D eigenvalue weighted by Gasteiger charge is -2.23. The number of ether oxygens (including phenoxy) is 1. The molecule has 222 valence electrons. The third-order valence-electron chi connectivity index (χ3n) is 7.59. The zero-order chi connectivity index (χ0) is 30.1.